The number of carbonyl (C=O) groups is 1. The van der Waals surface area contributed by atoms with Crippen molar-refractivity contribution in [1.29, 1.82) is 0 Å². The molecule has 0 radical (unpaired) electrons. The molecule has 1 atom stereocenters. The lowest BCUT2D eigenvalue weighted by molar-refractivity contribution is -0.143. The van der Waals surface area contributed by atoms with Gasteiger partial charge in [-0.05, 0) is 87.5 Å². The highest BCUT2D eigenvalue weighted by Crippen LogP contribution is 2.38. The molecular weight excluding hydrogens is 410 g/mol. The van der Waals surface area contributed by atoms with Crippen LogP contribution in [0, 0.1) is 11.8 Å². The normalized spacial score (nSPS) is 24.2. The highest BCUT2D eigenvalue weighted by atomic mass is 35.5. The fourth-order valence-electron chi connectivity index (χ4n) is 5.21. The summed E-state index contributed by atoms with van der Waals surface area (Å²) in [4.78, 5) is 13.6. The molecule has 168 valence electrons. The Balaban J connectivity index is 1.49. The fourth-order valence-corrected chi connectivity index (χ4v) is 5.48. The number of halogens is 1. The minimum Gasteiger partial charge on any atom is -0.489 e. The maximum atomic E-state index is 11.2. The quantitative estimate of drug-likeness (QED) is 0.539. The standard InChI is InChI=1S/C26H34ClNO3/c1-3-18-4-9-22(10-5-18)31-24-11-8-19-6-7-21(16-23(19)25(24)27)17(2)28-14-12-20(13-15-28)26(29)30/h6-8,11,16-18,20,22H,3-5,9-10,12-15H2,1-2H3,(H,29,30)/t17?,18-,22+. The molecule has 1 saturated heterocycles. The van der Waals surface area contributed by atoms with Gasteiger partial charge in [0.15, 0.2) is 0 Å². The maximum Gasteiger partial charge on any atom is 0.306 e. The van der Waals surface area contributed by atoms with E-state index in [0.717, 1.165) is 48.4 Å². The predicted octanol–water partition coefficient (Wildman–Crippen LogP) is 6.70. The Kier molecular flexibility index (Phi) is 7.08. The summed E-state index contributed by atoms with van der Waals surface area (Å²) >= 11 is 6.83. The number of fused-ring (bicyclic) bond motifs is 1. The average molecular weight is 444 g/mol. The third-order valence-electron chi connectivity index (χ3n) is 7.52. The molecule has 0 spiro atoms. The fraction of sp³-hybridized carbons (Fsp3) is 0.577. The molecule has 1 heterocycles. The van der Waals surface area contributed by atoms with E-state index in [0.29, 0.717) is 17.9 Å². The van der Waals surface area contributed by atoms with Gasteiger partial charge in [0, 0.05) is 11.4 Å². The molecule has 1 aliphatic carbocycles. The number of benzene rings is 2. The zero-order chi connectivity index (χ0) is 22.0. The van der Waals surface area contributed by atoms with Crippen LogP contribution in [0.15, 0.2) is 30.3 Å². The smallest absolute Gasteiger partial charge is 0.306 e. The Morgan fingerprint density at radius 2 is 1.81 bits per heavy atom. The highest BCUT2D eigenvalue weighted by molar-refractivity contribution is 6.37. The van der Waals surface area contributed by atoms with Gasteiger partial charge in [0.2, 0.25) is 0 Å². The summed E-state index contributed by atoms with van der Waals surface area (Å²) in [5, 5.41) is 12.1. The summed E-state index contributed by atoms with van der Waals surface area (Å²) < 4.78 is 6.34. The van der Waals surface area contributed by atoms with Crippen LogP contribution >= 0.6 is 11.6 Å². The van der Waals surface area contributed by atoms with Crippen molar-refractivity contribution in [2.45, 2.75) is 70.9 Å². The van der Waals surface area contributed by atoms with E-state index in [1.807, 2.05) is 6.07 Å². The number of aliphatic carboxylic acids is 1. The number of likely N-dealkylation sites (tertiary alicyclic amines) is 1. The van der Waals surface area contributed by atoms with Gasteiger partial charge in [-0.1, -0.05) is 43.1 Å². The predicted molar refractivity (Wildman–Crippen MR) is 126 cm³/mol. The Morgan fingerprint density at radius 3 is 2.45 bits per heavy atom. The lowest BCUT2D eigenvalue weighted by Gasteiger charge is -2.35. The van der Waals surface area contributed by atoms with Crippen LogP contribution in [-0.2, 0) is 4.79 Å². The first-order valence-corrected chi connectivity index (χ1v) is 12.2. The summed E-state index contributed by atoms with van der Waals surface area (Å²) in [6.07, 6.45) is 7.65. The Morgan fingerprint density at radius 1 is 1.13 bits per heavy atom. The van der Waals surface area contributed by atoms with E-state index in [-0.39, 0.29) is 18.1 Å². The first-order chi connectivity index (χ1) is 15.0. The van der Waals surface area contributed by atoms with E-state index in [1.165, 1.54) is 24.8 Å². The van der Waals surface area contributed by atoms with Gasteiger partial charge in [-0.25, -0.2) is 0 Å². The molecule has 4 nitrogen and oxygen atoms in total. The van der Waals surface area contributed by atoms with E-state index in [1.54, 1.807) is 0 Å². The summed E-state index contributed by atoms with van der Waals surface area (Å²) in [5.74, 6) is 0.764. The molecule has 2 fully saturated rings. The molecule has 2 aromatic rings. The number of hydrogen-bond acceptors (Lipinski definition) is 3. The van der Waals surface area contributed by atoms with E-state index in [4.69, 9.17) is 16.3 Å². The maximum absolute atomic E-state index is 11.2. The number of piperidine rings is 1. The van der Waals surface area contributed by atoms with Gasteiger partial charge in [0.25, 0.3) is 0 Å². The molecule has 1 unspecified atom stereocenters. The molecule has 0 aromatic heterocycles. The molecule has 0 bridgehead atoms. The van der Waals surface area contributed by atoms with E-state index in [2.05, 4.69) is 43.0 Å². The van der Waals surface area contributed by atoms with Crippen molar-refractivity contribution in [3.05, 3.63) is 40.9 Å². The summed E-state index contributed by atoms with van der Waals surface area (Å²) in [5.41, 5.74) is 1.21. The molecule has 0 amide bonds. The van der Waals surface area contributed by atoms with Crippen LogP contribution < -0.4 is 4.74 Å². The zero-order valence-corrected chi connectivity index (χ0v) is 19.4. The van der Waals surface area contributed by atoms with Gasteiger partial charge >= 0.3 is 5.97 Å². The van der Waals surface area contributed by atoms with E-state index < -0.39 is 5.97 Å². The molecule has 1 saturated carbocycles. The van der Waals surface area contributed by atoms with Gasteiger partial charge in [-0.15, -0.1) is 0 Å². The monoisotopic (exact) mass is 443 g/mol. The van der Waals surface area contributed by atoms with Crippen LogP contribution in [0.1, 0.15) is 70.4 Å². The Hall–Kier alpha value is -1.78. The summed E-state index contributed by atoms with van der Waals surface area (Å²) in [6, 6.07) is 10.8. The molecule has 2 aliphatic rings. The van der Waals surface area contributed by atoms with Gasteiger partial charge in [0.05, 0.1) is 17.0 Å². The Bertz CT molecular complexity index is 914. The third kappa shape index (κ3) is 5.01. The average Bonchev–Trinajstić information content (AvgIpc) is 2.81. The van der Waals surface area contributed by atoms with Crippen molar-refractivity contribution >= 4 is 28.3 Å². The topological polar surface area (TPSA) is 49.8 Å². The van der Waals surface area contributed by atoms with Crippen LogP contribution in [0.4, 0.5) is 0 Å². The van der Waals surface area contributed by atoms with E-state index in [9.17, 15) is 9.90 Å². The second-order valence-corrected chi connectivity index (χ2v) is 9.73. The van der Waals surface area contributed by atoms with E-state index >= 15 is 0 Å². The van der Waals surface area contributed by atoms with Crippen LogP contribution in [0.5, 0.6) is 5.75 Å². The summed E-state index contributed by atoms with van der Waals surface area (Å²) in [6.45, 7) is 6.10. The van der Waals surface area contributed by atoms with Crippen LogP contribution in [0.3, 0.4) is 0 Å². The molecule has 31 heavy (non-hydrogen) atoms. The van der Waals surface area contributed by atoms with Crippen LogP contribution in [-0.4, -0.2) is 35.2 Å². The molecule has 1 aliphatic heterocycles. The Labute approximate surface area is 190 Å². The van der Waals surface area contributed by atoms with Crippen molar-refractivity contribution in [3.63, 3.8) is 0 Å². The van der Waals surface area contributed by atoms with Gasteiger partial charge < -0.3 is 9.84 Å². The number of rotatable bonds is 6. The molecule has 1 N–H and O–H groups in total. The first kappa shape index (κ1) is 22.4. The largest absolute Gasteiger partial charge is 0.489 e. The molecule has 4 rings (SSSR count). The minimum absolute atomic E-state index is 0.207. The van der Waals surface area contributed by atoms with Crippen molar-refractivity contribution in [1.82, 2.24) is 4.90 Å². The lowest BCUT2D eigenvalue weighted by atomic mass is 9.86. The first-order valence-electron chi connectivity index (χ1n) is 11.8. The number of nitrogens with zero attached hydrogens (tertiary/aromatic N) is 1. The van der Waals surface area contributed by atoms with Crippen LogP contribution in [0.25, 0.3) is 10.8 Å². The van der Waals surface area contributed by atoms with Gasteiger partial charge in [0.1, 0.15) is 5.75 Å². The van der Waals surface area contributed by atoms with Crippen molar-refractivity contribution < 1.29 is 14.6 Å². The number of carboxylic acids is 1. The summed E-state index contributed by atoms with van der Waals surface area (Å²) in [7, 11) is 0. The molecule has 5 heteroatoms. The second-order valence-electron chi connectivity index (χ2n) is 9.35. The van der Waals surface area contributed by atoms with Gasteiger partial charge in [-0.2, -0.15) is 0 Å². The van der Waals surface area contributed by atoms with Crippen LogP contribution in [0.2, 0.25) is 5.02 Å². The SMILES string of the molecule is CC[C@H]1CC[C@@H](Oc2ccc3ccc(C(C)N4CCC(C(=O)O)CC4)cc3c2Cl)CC1. The number of carboxylic acid groups (broad SMARTS) is 1. The highest BCUT2D eigenvalue weighted by Gasteiger charge is 2.28. The van der Waals surface area contributed by atoms with Crippen molar-refractivity contribution in [3.8, 4) is 5.75 Å². The molecular formula is C26H34ClNO3. The zero-order valence-electron chi connectivity index (χ0n) is 18.6. The second kappa shape index (κ2) is 9.79. The van der Waals surface area contributed by atoms with Crippen molar-refractivity contribution in [2.24, 2.45) is 11.8 Å². The minimum atomic E-state index is -0.666. The molecule has 2 aromatic carbocycles. The third-order valence-corrected chi connectivity index (χ3v) is 7.91. The number of hydrogen-bond donors (Lipinski definition) is 1. The van der Waals surface area contributed by atoms with Gasteiger partial charge in [-0.3, -0.25) is 9.69 Å². The number of ether oxygens (including phenoxy) is 1. The van der Waals surface area contributed by atoms with Crippen molar-refractivity contribution in [2.75, 3.05) is 13.1 Å². The lowest BCUT2D eigenvalue weighted by Crippen LogP contribution is -2.37.